The molecule has 0 aliphatic carbocycles. The Hall–Kier alpha value is -2.37. The highest BCUT2D eigenvalue weighted by Crippen LogP contribution is 2.28. The van der Waals surface area contributed by atoms with E-state index in [0.717, 1.165) is 0 Å². The van der Waals surface area contributed by atoms with Crippen LogP contribution in [-0.4, -0.2) is 36.8 Å². The van der Waals surface area contributed by atoms with E-state index in [4.69, 9.17) is 4.74 Å². The normalized spacial score (nSPS) is 12.2. The van der Waals surface area contributed by atoms with Gasteiger partial charge in [-0.15, -0.1) is 0 Å². The number of hydrogen-bond acceptors (Lipinski definition) is 4. The Morgan fingerprint density at radius 1 is 1.27 bits per heavy atom. The number of methoxy groups -OCH3 is 1. The number of carbonyl (C=O) groups is 3. The number of hydrogen-bond donors (Lipinski definition) is 1. The first kappa shape index (κ1) is 17.7. The Labute approximate surface area is 130 Å². The van der Waals surface area contributed by atoms with Crippen LogP contribution in [0, 0.1) is 0 Å². The van der Waals surface area contributed by atoms with Gasteiger partial charge in [0.15, 0.2) is 0 Å². The smallest absolute Gasteiger partial charge is 0.290 e. The number of ketones is 1. The molecule has 0 aliphatic heterocycles. The summed E-state index contributed by atoms with van der Waals surface area (Å²) in [6.07, 6.45) is 0.519. The largest absolute Gasteiger partial charge is 0.495 e. The summed E-state index contributed by atoms with van der Waals surface area (Å²) < 4.78 is 5.19. The first-order valence-electron chi connectivity index (χ1n) is 6.94. The van der Waals surface area contributed by atoms with Crippen molar-refractivity contribution in [2.24, 2.45) is 0 Å². The summed E-state index contributed by atoms with van der Waals surface area (Å²) >= 11 is 0. The summed E-state index contributed by atoms with van der Waals surface area (Å²) in [5.74, 6) is -0.958. The number of carbonyl (C=O) groups excluding carboxylic acids is 3. The lowest BCUT2D eigenvalue weighted by atomic mass is 10.1. The van der Waals surface area contributed by atoms with Gasteiger partial charge in [0.25, 0.3) is 5.91 Å². The van der Waals surface area contributed by atoms with Gasteiger partial charge in [-0.25, -0.2) is 0 Å². The molecule has 1 aromatic rings. The van der Waals surface area contributed by atoms with Crippen LogP contribution in [0.15, 0.2) is 24.3 Å². The van der Waals surface area contributed by atoms with E-state index in [2.05, 4.69) is 5.32 Å². The molecule has 1 unspecified atom stereocenters. The Balaban J connectivity index is 3.02. The number of para-hydroxylation sites is 2. The molecule has 2 amide bonds. The molecular formula is C16H22N2O4. The van der Waals surface area contributed by atoms with Crippen molar-refractivity contribution in [3.63, 3.8) is 0 Å². The van der Waals surface area contributed by atoms with E-state index >= 15 is 0 Å². The molecule has 22 heavy (non-hydrogen) atoms. The fourth-order valence-electron chi connectivity index (χ4n) is 1.92. The molecule has 0 aliphatic rings. The van der Waals surface area contributed by atoms with Crippen molar-refractivity contribution < 1.29 is 19.1 Å². The Morgan fingerprint density at radius 3 is 2.36 bits per heavy atom. The number of anilines is 1. The predicted octanol–water partition coefficient (Wildman–Crippen LogP) is 1.53. The maximum atomic E-state index is 12.2. The molecule has 0 radical (unpaired) electrons. The molecule has 120 valence electrons. The van der Waals surface area contributed by atoms with Gasteiger partial charge in [0, 0.05) is 5.54 Å². The standard InChI is InChI=1S/C16H22N2O4/c1-11(14(20)15(21)17-16(2,3)4)18(10-19)12-8-6-7-9-13(12)22-5/h6-11H,1-5H3,(H,17,21). The van der Waals surface area contributed by atoms with Gasteiger partial charge in [0.05, 0.1) is 12.8 Å². The van der Waals surface area contributed by atoms with Crippen molar-refractivity contribution in [3.05, 3.63) is 24.3 Å². The highest BCUT2D eigenvalue weighted by molar-refractivity contribution is 6.39. The second-order valence-corrected chi connectivity index (χ2v) is 5.93. The quantitative estimate of drug-likeness (QED) is 0.639. The fourth-order valence-corrected chi connectivity index (χ4v) is 1.92. The zero-order valence-corrected chi connectivity index (χ0v) is 13.5. The molecule has 1 N–H and O–H groups in total. The number of benzene rings is 1. The van der Waals surface area contributed by atoms with E-state index in [1.165, 1.54) is 18.9 Å². The Bertz CT molecular complexity index is 564. The van der Waals surface area contributed by atoms with E-state index in [1.54, 1.807) is 45.0 Å². The highest BCUT2D eigenvalue weighted by Gasteiger charge is 2.30. The first-order chi connectivity index (χ1) is 10.2. The molecule has 0 aromatic heterocycles. The van der Waals surface area contributed by atoms with Crippen LogP contribution in [0.4, 0.5) is 5.69 Å². The molecule has 0 spiro atoms. The number of amides is 2. The molecule has 6 nitrogen and oxygen atoms in total. The van der Waals surface area contributed by atoms with Gasteiger partial charge in [0.1, 0.15) is 11.8 Å². The lowest BCUT2D eigenvalue weighted by Gasteiger charge is -2.27. The van der Waals surface area contributed by atoms with Gasteiger partial charge in [-0.3, -0.25) is 14.4 Å². The first-order valence-corrected chi connectivity index (χ1v) is 6.94. The topological polar surface area (TPSA) is 75.7 Å². The summed E-state index contributed by atoms with van der Waals surface area (Å²) in [5, 5.41) is 2.60. The van der Waals surface area contributed by atoms with Crippen molar-refractivity contribution in [2.75, 3.05) is 12.0 Å². The maximum absolute atomic E-state index is 12.2. The van der Waals surface area contributed by atoms with Crippen molar-refractivity contribution in [3.8, 4) is 5.75 Å². The Morgan fingerprint density at radius 2 is 1.86 bits per heavy atom. The number of nitrogens with zero attached hydrogens (tertiary/aromatic N) is 1. The van der Waals surface area contributed by atoms with Gasteiger partial charge < -0.3 is 15.0 Å². The minimum atomic E-state index is -0.934. The molecule has 0 saturated carbocycles. The van der Waals surface area contributed by atoms with E-state index in [0.29, 0.717) is 17.8 Å². The van der Waals surface area contributed by atoms with Gasteiger partial charge in [-0.1, -0.05) is 12.1 Å². The van der Waals surface area contributed by atoms with Crippen molar-refractivity contribution in [2.45, 2.75) is 39.3 Å². The number of rotatable bonds is 6. The summed E-state index contributed by atoms with van der Waals surface area (Å²) in [7, 11) is 1.47. The van der Waals surface area contributed by atoms with Crippen LogP contribution in [0.1, 0.15) is 27.7 Å². The molecular weight excluding hydrogens is 284 g/mol. The summed E-state index contributed by atoms with van der Waals surface area (Å²) in [4.78, 5) is 36.8. The average molecular weight is 306 g/mol. The van der Waals surface area contributed by atoms with Gasteiger partial charge >= 0.3 is 0 Å². The van der Waals surface area contributed by atoms with Gasteiger partial charge in [-0.2, -0.15) is 0 Å². The van der Waals surface area contributed by atoms with E-state index in [-0.39, 0.29) is 0 Å². The maximum Gasteiger partial charge on any atom is 0.290 e. The highest BCUT2D eigenvalue weighted by atomic mass is 16.5. The molecule has 0 saturated heterocycles. The molecule has 0 fully saturated rings. The third kappa shape index (κ3) is 4.31. The molecule has 1 aromatic carbocycles. The lowest BCUT2D eigenvalue weighted by Crippen LogP contribution is -2.50. The minimum absolute atomic E-state index is 0.435. The summed E-state index contributed by atoms with van der Waals surface area (Å²) in [6, 6.07) is 5.87. The zero-order chi connectivity index (χ0) is 16.9. The third-order valence-corrected chi connectivity index (χ3v) is 2.99. The van der Waals surface area contributed by atoms with E-state index in [9.17, 15) is 14.4 Å². The Kier molecular flexibility index (Phi) is 5.68. The van der Waals surface area contributed by atoms with Crippen molar-refractivity contribution >= 4 is 23.8 Å². The van der Waals surface area contributed by atoms with Crippen LogP contribution >= 0.6 is 0 Å². The molecule has 1 atom stereocenters. The number of nitrogens with one attached hydrogen (secondary N) is 1. The average Bonchev–Trinajstić information content (AvgIpc) is 2.45. The van der Waals surface area contributed by atoms with Crippen molar-refractivity contribution in [1.82, 2.24) is 5.32 Å². The predicted molar refractivity (Wildman–Crippen MR) is 83.9 cm³/mol. The van der Waals surface area contributed by atoms with E-state index in [1.807, 2.05) is 0 Å². The van der Waals surface area contributed by atoms with Crippen LogP contribution < -0.4 is 15.0 Å². The SMILES string of the molecule is COc1ccccc1N(C=O)C(C)C(=O)C(=O)NC(C)(C)C. The van der Waals surface area contributed by atoms with Gasteiger partial charge in [0.2, 0.25) is 12.2 Å². The van der Waals surface area contributed by atoms with Crippen LogP contribution in [0.2, 0.25) is 0 Å². The molecule has 6 heteroatoms. The van der Waals surface area contributed by atoms with Crippen LogP contribution in [0.25, 0.3) is 0 Å². The van der Waals surface area contributed by atoms with Crippen molar-refractivity contribution in [1.29, 1.82) is 0 Å². The monoisotopic (exact) mass is 306 g/mol. The number of ether oxygens (including phenoxy) is 1. The lowest BCUT2D eigenvalue weighted by molar-refractivity contribution is -0.139. The van der Waals surface area contributed by atoms with Crippen LogP contribution in [-0.2, 0) is 14.4 Å². The van der Waals surface area contributed by atoms with Crippen LogP contribution in [0.3, 0.4) is 0 Å². The summed E-state index contributed by atoms with van der Waals surface area (Å²) in [5.41, 5.74) is -0.0903. The van der Waals surface area contributed by atoms with Gasteiger partial charge in [-0.05, 0) is 39.8 Å². The molecule has 0 heterocycles. The second kappa shape index (κ2) is 7.06. The third-order valence-electron chi connectivity index (χ3n) is 2.99. The zero-order valence-electron chi connectivity index (χ0n) is 13.5. The number of Topliss-reactive ketones (excluding diaryl/α,β-unsaturated/α-hetero) is 1. The summed E-state index contributed by atoms with van der Waals surface area (Å²) in [6.45, 7) is 6.84. The van der Waals surface area contributed by atoms with E-state index < -0.39 is 23.3 Å². The van der Waals surface area contributed by atoms with Crippen LogP contribution in [0.5, 0.6) is 5.75 Å². The minimum Gasteiger partial charge on any atom is -0.495 e. The fraction of sp³-hybridized carbons (Fsp3) is 0.438. The molecule has 1 rings (SSSR count). The second-order valence-electron chi connectivity index (χ2n) is 5.93. The molecule has 0 bridgehead atoms.